The highest BCUT2D eigenvalue weighted by molar-refractivity contribution is 8.24. The first-order chi connectivity index (χ1) is 10.3. The first-order valence-corrected chi connectivity index (χ1v) is 9.01. The lowest BCUT2D eigenvalue weighted by Crippen LogP contribution is -2.48. The van der Waals surface area contributed by atoms with Crippen LogP contribution in [-0.4, -0.2) is 37.6 Å². The van der Waals surface area contributed by atoms with E-state index in [1.54, 1.807) is 30.1 Å². The van der Waals surface area contributed by atoms with Crippen LogP contribution in [-0.2, 0) is 0 Å². The predicted molar refractivity (Wildman–Crippen MR) is 99.9 cm³/mol. The molecule has 0 aliphatic carbocycles. The molecule has 0 spiro atoms. The van der Waals surface area contributed by atoms with Crippen molar-refractivity contribution in [1.29, 1.82) is 0 Å². The topological polar surface area (TPSA) is 29.3 Å². The van der Waals surface area contributed by atoms with Gasteiger partial charge in [0.2, 0.25) is 0 Å². The number of halogens is 1. The molecule has 6 heteroatoms. The monoisotopic (exact) mass is 356 g/mol. The Kier molecular flexibility index (Phi) is 5.75. The average Bonchev–Trinajstić information content (AvgIpc) is 2.67. The van der Waals surface area contributed by atoms with E-state index in [2.05, 4.69) is 25.7 Å². The van der Waals surface area contributed by atoms with Crippen molar-refractivity contribution < 1.29 is 4.74 Å². The zero-order chi connectivity index (χ0) is 16.3. The maximum atomic E-state index is 12.7. The van der Waals surface area contributed by atoms with Crippen LogP contribution in [0.25, 0.3) is 0 Å². The SMILES string of the molecule is CCCCN1C(=S)SC(C)(C)C1[N+]([O-])=Cc1ccc(Cl)cc1. The fraction of sp³-hybridized carbons (Fsp3) is 0.500. The molecule has 0 bridgehead atoms. The number of thioether (sulfide) groups is 1. The number of unbranched alkanes of at least 4 members (excludes halogenated alkanes) is 1. The molecule has 1 atom stereocenters. The second-order valence-electron chi connectivity index (χ2n) is 5.93. The van der Waals surface area contributed by atoms with E-state index in [-0.39, 0.29) is 10.9 Å². The van der Waals surface area contributed by atoms with Gasteiger partial charge in [0.1, 0.15) is 9.07 Å². The number of hydrogen-bond donors (Lipinski definition) is 0. The Morgan fingerprint density at radius 1 is 1.41 bits per heavy atom. The summed E-state index contributed by atoms with van der Waals surface area (Å²) >= 11 is 13.0. The fourth-order valence-electron chi connectivity index (χ4n) is 2.56. The summed E-state index contributed by atoms with van der Waals surface area (Å²) in [5.41, 5.74) is 0.841. The zero-order valence-electron chi connectivity index (χ0n) is 13.1. The van der Waals surface area contributed by atoms with Crippen LogP contribution in [0.2, 0.25) is 5.02 Å². The second kappa shape index (κ2) is 7.20. The zero-order valence-corrected chi connectivity index (χ0v) is 15.5. The van der Waals surface area contributed by atoms with Gasteiger partial charge in [-0.05, 0) is 44.5 Å². The number of nitrogens with zero attached hydrogens (tertiary/aromatic N) is 2. The molecule has 1 saturated heterocycles. The van der Waals surface area contributed by atoms with Crippen LogP contribution in [0.5, 0.6) is 0 Å². The van der Waals surface area contributed by atoms with Crippen molar-refractivity contribution in [3.05, 3.63) is 40.1 Å². The van der Waals surface area contributed by atoms with Crippen LogP contribution in [0.15, 0.2) is 24.3 Å². The minimum atomic E-state index is -0.285. The Bertz CT molecular complexity index is 572. The molecule has 1 unspecified atom stereocenters. The largest absolute Gasteiger partial charge is 0.622 e. The molecular weight excluding hydrogens is 336 g/mol. The smallest absolute Gasteiger partial charge is 0.254 e. The molecule has 22 heavy (non-hydrogen) atoms. The lowest BCUT2D eigenvalue weighted by Gasteiger charge is -2.29. The first kappa shape index (κ1) is 17.6. The van der Waals surface area contributed by atoms with E-state index in [9.17, 15) is 5.21 Å². The summed E-state index contributed by atoms with van der Waals surface area (Å²) in [6.07, 6.45) is 3.45. The molecule has 120 valence electrons. The average molecular weight is 357 g/mol. The molecule has 2 rings (SSSR count). The summed E-state index contributed by atoms with van der Waals surface area (Å²) in [5.74, 6) is 0. The van der Waals surface area contributed by atoms with Crippen molar-refractivity contribution in [3.63, 3.8) is 0 Å². The van der Waals surface area contributed by atoms with Gasteiger partial charge in [-0.3, -0.25) is 4.90 Å². The summed E-state index contributed by atoms with van der Waals surface area (Å²) in [6.45, 7) is 7.10. The Labute approximate surface area is 146 Å². The summed E-state index contributed by atoms with van der Waals surface area (Å²) in [5, 5.41) is 13.4. The van der Waals surface area contributed by atoms with E-state index < -0.39 is 0 Å². The summed E-state index contributed by atoms with van der Waals surface area (Å²) in [7, 11) is 0. The van der Waals surface area contributed by atoms with Crippen molar-refractivity contribution in [2.24, 2.45) is 0 Å². The van der Waals surface area contributed by atoms with E-state index in [1.165, 1.54) is 0 Å². The van der Waals surface area contributed by atoms with Crippen LogP contribution in [0, 0.1) is 5.21 Å². The summed E-state index contributed by atoms with van der Waals surface area (Å²) in [4.78, 5) is 2.06. The van der Waals surface area contributed by atoms with Gasteiger partial charge >= 0.3 is 0 Å². The molecule has 1 aliphatic heterocycles. The molecular formula is C16H21ClN2OS2. The van der Waals surface area contributed by atoms with Crippen molar-refractivity contribution in [2.75, 3.05) is 6.54 Å². The molecule has 0 saturated carbocycles. The van der Waals surface area contributed by atoms with Crippen LogP contribution in [0.4, 0.5) is 0 Å². The van der Waals surface area contributed by atoms with Gasteiger partial charge in [0.05, 0.1) is 0 Å². The molecule has 0 N–H and O–H groups in total. The predicted octanol–water partition coefficient (Wildman–Crippen LogP) is 4.51. The quantitative estimate of drug-likeness (QED) is 0.255. The molecule has 1 fully saturated rings. The highest BCUT2D eigenvalue weighted by Gasteiger charge is 2.50. The third kappa shape index (κ3) is 3.94. The lowest BCUT2D eigenvalue weighted by atomic mass is 10.1. The maximum Gasteiger partial charge on any atom is 0.254 e. The summed E-state index contributed by atoms with van der Waals surface area (Å²) in [6, 6.07) is 7.26. The number of rotatable bonds is 5. The Morgan fingerprint density at radius 3 is 2.64 bits per heavy atom. The third-order valence-corrected chi connectivity index (χ3v) is 5.52. The Hall–Kier alpha value is -0.780. The number of hydroxylamine groups is 1. The third-order valence-electron chi connectivity index (χ3n) is 3.64. The highest BCUT2D eigenvalue weighted by Crippen LogP contribution is 2.41. The van der Waals surface area contributed by atoms with E-state index in [0.717, 1.165) is 34.0 Å². The number of hydrogen-bond acceptors (Lipinski definition) is 3. The molecule has 0 amide bonds. The normalized spacial score (nSPS) is 21.5. The van der Waals surface area contributed by atoms with E-state index in [0.29, 0.717) is 5.02 Å². The van der Waals surface area contributed by atoms with Crippen molar-refractivity contribution in [1.82, 2.24) is 4.90 Å². The maximum absolute atomic E-state index is 12.7. The minimum Gasteiger partial charge on any atom is -0.622 e. The highest BCUT2D eigenvalue weighted by atomic mass is 35.5. The van der Waals surface area contributed by atoms with Gasteiger partial charge in [0.15, 0.2) is 6.21 Å². The van der Waals surface area contributed by atoms with Crippen LogP contribution in [0.3, 0.4) is 0 Å². The van der Waals surface area contributed by atoms with Crippen LogP contribution in [0.1, 0.15) is 39.2 Å². The molecule has 1 aliphatic rings. The van der Waals surface area contributed by atoms with Gasteiger partial charge in [-0.25, -0.2) is 0 Å². The van der Waals surface area contributed by atoms with E-state index in [4.69, 9.17) is 23.8 Å². The standard InChI is InChI=1S/C16H21ClN2OS2/c1-4-5-10-18-14(16(2,3)22-15(18)21)19(20)11-12-6-8-13(17)9-7-12/h6-9,11,14H,4-5,10H2,1-3H3. The molecule has 0 radical (unpaired) electrons. The Balaban J connectivity index is 2.28. The van der Waals surface area contributed by atoms with E-state index in [1.807, 2.05) is 12.1 Å². The van der Waals surface area contributed by atoms with Gasteiger partial charge in [-0.2, -0.15) is 4.74 Å². The van der Waals surface area contributed by atoms with Crippen LogP contribution < -0.4 is 0 Å². The number of thiocarbonyl (C=S) groups is 1. The summed E-state index contributed by atoms with van der Waals surface area (Å²) < 4.78 is 1.61. The molecule has 1 aromatic rings. The fourth-order valence-corrected chi connectivity index (χ4v) is 4.62. The van der Waals surface area contributed by atoms with Gasteiger partial charge in [-0.15, -0.1) is 0 Å². The van der Waals surface area contributed by atoms with Gasteiger partial charge in [-0.1, -0.05) is 48.9 Å². The van der Waals surface area contributed by atoms with Crippen molar-refractivity contribution in [3.8, 4) is 0 Å². The number of benzene rings is 1. The molecule has 1 aromatic carbocycles. The molecule has 0 aromatic heterocycles. The van der Waals surface area contributed by atoms with Gasteiger partial charge in [0, 0.05) is 17.1 Å². The first-order valence-electron chi connectivity index (χ1n) is 7.40. The van der Waals surface area contributed by atoms with Gasteiger partial charge < -0.3 is 5.21 Å². The Morgan fingerprint density at radius 2 is 2.05 bits per heavy atom. The minimum absolute atomic E-state index is 0.241. The van der Waals surface area contributed by atoms with Crippen LogP contribution >= 0.6 is 35.6 Å². The second-order valence-corrected chi connectivity index (χ2v) is 8.66. The van der Waals surface area contributed by atoms with Crippen molar-refractivity contribution >= 4 is 46.1 Å². The van der Waals surface area contributed by atoms with Crippen molar-refractivity contribution in [2.45, 2.75) is 44.5 Å². The molecule has 3 nitrogen and oxygen atoms in total. The van der Waals surface area contributed by atoms with Gasteiger partial charge in [0.25, 0.3) is 6.17 Å². The lowest BCUT2D eigenvalue weighted by molar-refractivity contribution is -0.523. The van der Waals surface area contributed by atoms with E-state index >= 15 is 0 Å². The molecule has 1 heterocycles.